The Kier molecular flexibility index (Phi) is 4.65. The Morgan fingerprint density at radius 1 is 1.38 bits per heavy atom. The lowest BCUT2D eigenvalue weighted by molar-refractivity contribution is 0.0943. The topological polar surface area (TPSA) is 32.3 Å². The minimum atomic E-state index is 0.115. The Morgan fingerprint density at radius 2 is 2.14 bits per heavy atom. The van der Waals surface area contributed by atoms with Crippen molar-refractivity contribution in [3.05, 3.63) is 21.4 Å². The number of likely N-dealkylation sites (N-methyl/N-ethyl adjacent to an activating group) is 1. The molecule has 0 aliphatic heterocycles. The van der Waals surface area contributed by atoms with Crippen LogP contribution in [-0.4, -0.2) is 36.5 Å². The van der Waals surface area contributed by atoms with Crippen molar-refractivity contribution in [2.45, 2.75) is 64.0 Å². The molecule has 4 heteroatoms. The van der Waals surface area contributed by atoms with E-state index in [2.05, 4.69) is 30.3 Å². The second kappa shape index (κ2) is 6.49. The predicted octanol–water partition coefficient (Wildman–Crippen LogP) is 3.23. The highest BCUT2D eigenvalue weighted by Gasteiger charge is 2.29. The molecule has 1 N–H and O–H groups in total. The summed E-state index contributed by atoms with van der Waals surface area (Å²) in [6.07, 6.45) is 8.81. The first kappa shape index (κ1) is 15.0. The van der Waals surface area contributed by atoms with Gasteiger partial charge in [0.15, 0.2) is 0 Å². The molecule has 21 heavy (non-hydrogen) atoms. The first-order valence-corrected chi connectivity index (χ1v) is 9.08. The van der Waals surface area contributed by atoms with Crippen molar-refractivity contribution in [2.24, 2.45) is 0 Å². The van der Waals surface area contributed by atoms with Crippen LogP contribution in [0.3, 0.4) is 0 Å². The van der Waals surface area contributed by atoms with Crippen LogP contribution in [-0.2, 0) is 12.8 Å². The fourth-order valence-electron chi connectivity index (χ4n) is 3.09. The van der Waals surface area contributed by atoms with Crippen molar-refractivity contribution in [2.75, 3.05) is 13.6 Å². The molecule has 2 aliphatic carbocycles. The molecule has 1 aromatic heterocycles. The van der Waals surface area contributed by atoms with Crippen molar-refractivity contribution >= 4 is 17.2 Å². The van der Waals surface area contributed by atoms with Crippen molar-refractivity contribution in [1.82, 2.24) is 10.2 Å². The number of hydrogen-bond acceptors (Lipinski definition) is 3. The van der Waals surface area contributed by atoms with Gasteiger partial charge < -0.3 is 5.32 Å². The number of nitrogens with zero attached hydrogens (tertiary/aromatic N) is 1. The zero-order chi connectivity index (χ0) is 14.8. The van der Waals surface area contributed by atoms with E-state index in [0.717, 1.165) is 30.3 Å². The van der Waals surface area contributed by atoms with Crippen molar-refractivity contribution < 1.29 is 4.79 Å². The summed E-state index contributed by atoms with van der Waals surface area (Å²) >= 11 is 1.71. The van der Waals surface area contributed by atoms with Gasteiger partial charge in [0.2, 0.25) is 0 Å². The average Bonchev–Trinajstić information content (AvgIpc) is 3.28. The van der Waals surface area contributed by atoms with Crippen molar-refractivity contribution in [3.8, 4) is 0 Å². The SMILES string of the molecule is CC(CNC(=O)c1cc2c(s1)CCCCC2)N(C)C1CC1. The highest BCUT2D eigenvalue weighted by Crippen LogP contribution is 2.29. The summed E-state index contributed by atoms with van der Waals surface area (Å²) in [7, 11) is 2.17. The van der Waals surface area contributed by atoms with Crippen LogP contribution in [0, 0.1) is 0 Å². The molecule has 1 atom stereocenters. The summed E-state index contributed by atoms with van der Waals surface area (Å²) in [6.45, 7) is 2.94. The highest BCUT2D eigenvalue weighted by atomic mass is 32.1. The number of carbonyl (C=O) groups is 1. The lowest BCUT2D eigenvalue weighted by Gasteiger charge is -2.24. The summed E-state index contributed by atoms with van der Waals surface area (Å²) in [5, 5.41) is 3.12. The van der Waals surface area contributed by atoms with E-state index in [9.17, 15) is 4.79 Å². The Balaban J connectivity index is 1.55. The number of nitrogens with one attached hydrogen (secondary N) is 1. The molecule has 3 nitrogen and oxygen atoms in total. The molecule has 0 saturated heterocycles. The third-order valence-corrected chi connectivity index (χ3v) is 6.08. The molecule has 2 aliphatic rings. The molecule has 0 spiro atoms. The van der Waals surface area contributed by atoms with Crippen molar-refractivity contribution in [1.29, 1.82) is 0 Å². The van der Waals surface area contributed by atoms with Crippen LogP contribution >= 0.6 is 11.3 Å². The largest absolute Gasteiger partial charge is 0.350 e. The fourth-order valence-corrected chi connectivity index (χ4v) is 4.26. The van der Waals surface area contributed by atoms with Gasteiger partial charge in [0, 0.05) is 23.5 Å². The van der Waals surface area contributed by atoms with Crippen LogP contribution in [0.25, 0.3) is 0 Å². The molecule has 1 amide bonds. The van der Waals surface area contributed by atoms with Gasteiger partial charge in [-0.05, 0) is 64.1 Å². The summed E-state index contributed by atoms with van der Waals surface area (Å²) in [5.41, 5.74) is 1.42. The number of carbonyl (C=O) groups excluding carboxylic acids is 1. The molecule has 1 unspecified atom stereocenters. The van der Waals surface area contributed by atoms with E-state index in [4.69, 9.17) is 0 Å². The molecule has 1 fully saturated rings. The molecular formula is C17H26N2OS. The first-order chi connectivity index (χ1) is 10.1. The Bertz CT molecular complexity index is 483. The molecule has 1 saturated carbocycles. The van der Waals surface area contributed by atoms with Crippen LogP contribution in [0.2, 0.25) is 0 Å². The van der Waals surface area contributed by atoms with Crippen LogP contribution in [0.15, 0.2) is 6.07 Å². The second-order valence-electron chi connectivity index (χ2n) is 6.58. The molecule has 0 aromatic carbocycles. The van der Waals surface area contributed by atoms with Gasteiger partial charge in [0.1, 0.15) is 0 Å². The van der Waals surface area contributed by atoms with Gasteiger partial charge >= 0.3 is 0 Å². The minimum Gasteiger partial charge on any atom is -0.350 e. The van der Waals surface area contributed by atoms with Gasteiger partial charge in [-0.25, -0.2) is 0 Å². The highest BCUT2D eigenvalue weighted by molar-refractivity contribution is 7.14. The number of thiophene rings is 1. The third-order valence-electron chi connectivity index (χ3n) is 4.85. The van der Waals surface area contributed by atoms with Gasteiger partial charge in [-0.1, -0.05) is 6.42 Å². The minimum absolute atomic E-state index is 0.115. The number of fused-ring (bicyclic) bond motifs is 1. The maximum atomic E-state index is 12.3. The Hall–Kier alpha value is -0.870. The lowest BCUT2D eigenvalue weighted by atomic mass is 10.1. The number of amides is 1. The average molecular weight is 306 g/mol. The van der Waals surface area contributed by atoms with E-state index in [0.29, 0.717) is 6.04 Å². The first-order valence-electron chi connectivity index (χ1n) is 8.27. The molecule has 1 heterocycles. The van der Waals surface area contributed by atoms with E-state index in [1.54, 1.807) is 11.3 Å². The maximum Gasteiger partial charge on any atom is 0.261 e. The maximum absolute atomic E-state index is 12.3. The zero-order valence-corrected chi connectivity index (χ0v) is 14.0. The van der Waals surface area contributed by atoms with Crippen molar-refractivity contribution in [3.63, 3.8) is 0 Å². The fraction of sp³-hybridized carbons (Fsp3) is 0.706. The summed E-state index contributed by atoms with van der Waals surface area (Å²) in [4.78, 5) is 17.1. The summed E-state index contributed by atoms with van der Waals surface area (Å²) in [6, 6.07) is 3.30. The summed E-state index contributed by atoms with van der Waals surface area (Å²) < 4.78 is 0. The van der Waals surface area contributed by atoms with Gasteiger partial charge in [-0.3, -0.25) is 9.69 Å². The monoisotopic (exact) mass is 306 g/mol. The Morgan fingerprint density at radius 3 is 2.90 bits per heavy atom. The van der Waals surface area contributed by atoms with Crippen LogP contribution in [0.5, 0.6) is 0 Å². The standard InChI is InChI=1S/C17H26N2OS/c1-12(19(2)14-8-9-14)11-18-17(20)16-10-13-6-4-3-5-7-15(13)21-16/h10,12,14H,3-9,11H2,1-2H3,(H,18,20). The molecule has 3 rings (SSSR count). The molecule has 0 bridgehead atoms. The number of hydrogen-bond donors (Lipinski definition) is 1. The van der Waals surface area contributed by atoms with E-state index in [-0.39, 0.29) is 5.91 Å². The lowest BCUT2D eigenvalue weighted by Crippen LogP contribution is -2.41. The van der Waals surface area contributed by atoms with E-state index in [1.807, 2.05) is 0 Å². The number of rotatable bonds is 5. The van der Waals surface area contributed by atoms with Gasteiger partial charge in [-0.15, -0.1) is 11.3 Å². The normalized spacial score (nSPS) is 20.0. The van der Waals surface area contributed by atoms with Crippen LogP contribution < -0.4 is 5.32 Å². The molecule has 1 aromatic rings. The molecule has 0 radical (unpaired) electrons. The molecule has 116 valence electrons. The van der Waals surface area contributed by atoms with Gasteiger partial charge in [-0.2, -0.15) is 0 Å². The van der Waals surface area contributed by atoms with Gasteiger partial charge in [0.05, 0.1) is 4.88 Å². The Labute approximate surface area is 131 Å². The van der Waals surface area contributed by atoms with Gasteiger partial charge in [0.25, 0.3) is 5.91 Å². The third kappa shape index (κ3) is 3.67. The smallest absolute Gasteiger partial charge is 0.261 e. The van der Waals surface area contributed by atoms with E-state index < -0.39 is 0 Å². The second-order valence-corrected chi connectivity index (χ2v) is 7.71. The zero-order valence-electron chi connectivity index (χ0n) is 13.2. The van der Waals surface area contributed by atoms with Crippen LogP contribution in [0.1, 0.15) is 59.1 Å². The van der Waals surface area contributed by atoms with E-state index in [1.165, 1.54) is 42.5 Å². The number of aryl methyl sites for hydroxylation is 2. The predicted molar refractivity (Wildman–Crippen MR) is 88.2 cm³/mol. The quantitative estimate of drug-likeness (QED) is 0.847. The molecular weight excluding hydrogens is 280 g/mol. The van der Waals surface area contributed by atoms with Crippen LogP contribution in [0.4, 0.5) is 0 Å². The summed E-state index contributed by atoms with van der Waals surface area (Å²) in [5.74, 6) is 0.115. The van der Waals surface area contributed by atoms with E-state index >= 15 is 0 Å².